The summed E-state index contributed by atoms with van der Waals surface area (Å²) in [5, 5.41) is 10.1. The highest BCUT2D eigenvalue weighted by Crippen LogP contribution is 2.11. The van der Waals surface area contributed by atoms with E-state index < -0.39 is 5.91 Å². The van der Waals surface area contributed by atoms with Crippen LogP contribution >= 0.6 is 0 Å². The number of aromatic nitrogens is 3. The number of ether oxygens (including phenoxy) is 2. The van der Waals surface area contributed by atoms with Crippen LogP contribution in [0.2, 0.25) is 0 Å². The molecule has 180 valence electrons. The fourth-order valence-corrected chi connectivity index (χ4v) is 3.50. The minimum Gasteiger partial charge on any atom is -0.497 e. The largest absolute Gasteiger partial charge is 0.497 e. The second kappa shape index (κ2) is 12.3. The number of amides is 1. The SMILES string of the molecule is C=C/C=C\C(=C/CC(=O)N=c1c(C#N)cc2c(=O)n3ccccc3nc2n1CCCOCC)OC. The summed E-state index contributed by atoms with van der Waals surface area (Å²) in [5.41, 5.74) is 0.764. The summed E-state index contributed by atoms with van der Waals surface area (Å²) in [6.07, 6.45) is 8.71. The number of fused-ring (bicyclic) bond motifs is 2. The molecule has 0 aliphatic carbocycles. The van der Waals surface area contributed by atoms with E-state index >= 15 is 0 Å². The van der Waals surface area contributed by atoms with Gasteiger partial charge in [-0.25, -0.2) is 4.98 Å². The van der Waals surface area contributed by atoms with Crippen molar-refractivity contribution in [2.45, 2.75) is 26.3 Å². The number of nitrogens with zero attached hydrogens (tertiary/aromatic N) is 5. The summed E-state index contributed by atoms with van der Waals surface area (Å²) in [4.78, 5) is 34.8. The Kier molecular flexibility index (Phi) is 8.87. The monoisotopic (exact) mass is 473 g/mol. The normalized spacial score (nSPS) is 12.4. The summed E-state index contributed by atoms with van der Waals surface area (Å²) >= 11 is 0. The van der Waals surface area contributed by atoms with E-state index in [0.717, 1.165) is 0 Å². The molecule has 0 saturated heterocycles. The fraction of sp³-hybridized carbons (Fsp3) is 0.269. The molecular formula is C26H27N5O4. The molecule has 3 aromatic heterocycles. The number of hydrogen-bond acceptors (Lipinski definition) is 6. The average Bonchev–Trinajstić information content (AvgIpc) is 2.87. The average molecular weight is 474 g/mol. The number of methoxy groups -OCH3 is 1. The first-order valence-corrected chi connectivity index (χ1v) is 11.2. The van der Waals surface area contributed by atoms with Crippen molar-refractivity contribution in [2.75, 3.05) is 20.3 Å². The Balaban J connectivity index is 2.20. The lowest BCUT2D eigenvalue weighted by Gasteiger charge is -2.13. The maximum atomic E-state index is 13.2. The molecule has 35 heavy (non-hydrogen) atoms. The van der Waals surface area contributed by atoms with Crippen molar-refractivity contribution in [1.29, 1.82) is 5.26 Å². The maximum absolute atomic E-state index is 13.2. The van der Waals surface area contributed by atoms with E-state index in [1.165, 1.54) is 17.6 Å². The first-order valence-electron chi connectivity index (χ1n) is 11.2. The second-order valence-corrected chi connectivity index (χ2v) is 7.39. The Morgan fingerprint density at radius 3 is 2.91 bits per heavy atom. The van der Waals surface area contributed by atoms with Crippen molar-refractivity contribution in [3.8, 4) is 6.07 Å². The van der Waals surface area contributed by atoms with E-state index in [-0.39, 0.29) is 28.4 Å². The molecule has 3 heterocycles. The highest BCUT2D eigenvalue weighted by molar-refractivity contribution is 5.80. The topological polar surface area (TPSA) is 111 Å². The molecule has 0 aromatic carbocycles. The molecule has 0 spiro atoms. The third-order valence-corrected chi connectivity index (χ3v) is 5.13. The van der Waals surface area contributed by atoms with Crippen molar-refractivity contribution in [2.24, 2.45) is 4.99 Å². The fourth-order valence-electron chi connectivity index (χ4n) is 3.50. The first kappa shape index (κ1) is 25.3. The predicted molar refractivity (Wildman–Crippen MR) is 132 cm³/mol. The van der Waals surface area contributed by atoms with Gasteiger partial charge in [0, 0.05) is 26.0 Å². The number of allylic oxidation sites excluding steroid dienone is 3. The molecule has 0 N–H and O–H groups in total. The van der Waals surface area contributed by atoms with Gasteiger partial charge < -0.3 is 14.0 Å². The van der Waals surface area contributed by atoms with Crippen molar-refractivity contribution in [3.63, 3.8) is 0 Å². The van der Waals surface area contributed by atoms with Crippen LogP contribution in [0.15, 0.2) is 76.9 Å². The molecule has 0 aliphatic heterocycles. The molecule has 3 aromatic rings. The lowest BCUT2D eigenvalue weighted by atomic mass is 10.2. The first-order chi connectivity index (χ1) is 17.0. The molecule has 0 bridgehead atoms. The summed E-state index contributed by atoms with van der Waals surface area (Å²) in [7, 11) is 1.50. The van der Waals surface area contributed by atoms with Gasteiger partial charge in [-0.05, 0) is 43.7 Å². The molecule has 0 radical (unpaired) electrons. The predicted octanol–water partition coefficient (Wildman–Crippen LogP) is 3.04. The van der Waals surface area contributed by atoms with Gasteiger partial charge >= 0.3 is 0 Å². The van der Waals surface area contributed by atoms with E-state index in [4.69, 9.17) is 9.47 Å². The van der Waals surface area contributed by atoms with Crippen LogP contribution in [0.3, 0.4) is 0 Å². The van der Waals surface area contributed by atoms with Gasteiger partial charge in [-0.1, -0.05) is 24.8 Å². The Bertz CT molecular complexity index is 1470. The van der Waals surface area contributed by atoms with Crippen LogP contribution in [-0.2, 0) is 20.8 Å². The van der Waals surface area contributed by atoms with E-state index in [2.05, 4.69) is 22.6 Å². The quantitative estimate of drug-likeness (QED) is 0.194. The van der Waals surface area contributed by atoms with Crippen LogP contribution in [0.1, 0.15) is 25.3 Å². The zero-order valence-electron chi connectivity index (χ0n) is 19.8. The Hall–Kier alpha value is -4.29. The summed E-state index contributed by atoms with van der Waals surface area (Å²) in [6, 6.07) is 8.76. The molecule has 0 fully saturated rings. The van der Waals surface area contributed by atoms with Crippen molar-refractivity contribution in [3.05, 3.63) is 88.5 Å². The number of rotatable bonds is 10. The third kappa shape index (κ3) is 5.99. The highest BCUT2D eigenvalue weighted by Gasteiger charge is 2.15. The van der Waals surface area contributed by atoms with Gasteiger partial charge in [-0.2, -0.15) is 10.3 Å². The van der Waals surface area contributed by atoms with Crippen LogP contribution in [-0.4, -0.2) is 40.2 Å². The summed E-state index contributed by atoms with van der Waals surface area (Å²) in [6.45, 7) is 6.90. The molecule has 0 unspecified atom stereocenters. The molecule has 0 saturated carbocycles. The Labute approximate surface area is 202 Å². The zero-order chi connectivity index (χ0) is 25.2. The van der Waals surface area contributed by atoms with Gasteiger partial charge in [0.1, 0.15) is 23.1 Å². The van der Waals surface area contributed by atoms with E-state index in [0.29, 0.717) is 43.2 Å². The molecule has 9 heteroatoms. The smallest absolute Gasteiger partial charge is 0.267 e. The lowest BCUT2D eigenvalue weighted by molar-refractivity contribution is -0.117. The second-order valence-electron chi connectivity index (χ2n) is 7.39. The number of aryl methyl sites for hydroxylation is 1. The van der Waals surface area contributed by atoms with Crippen LogP contribution in [0.25, 0.3) is 16.7 Å². The Morgan fingerprint density at radius 1 is 1.37 bits per heavy atom. The number of hydrogen-bond donors (Lipinski definition) is 0. The van der Waals surface area contributed by atoms with Crippen LogP contribution < -0.4 is 11.0 Å². The van der Waals surface area contributed by atoms with Gasteiger partial charge in [0.15, 0.2) is 5.49 Å². The molecule has 0 atom stereocenters. The number of nitriles is 1. The van der Waals surface area contributed by atoms with Crippen LogP contribution in [0.5, 0.6) is 0 Å². The Morgan fingerprint density at radius 2 is 2.20 bits per heavy atom. The van der Waals surface area contributed by atoms with E-state index in [1.807, 2.05) is 6.92 Å². The maximum Gasteiger partial charge on any atom is 0.267 e. The van der Waals surface area contributed by atoms with Gasteiger partial charge in [0.05, 0.1) is 24.5 Å². The highest BCUT2D eigenvalue weighted by atomic mass is 16.5. The minimum atomic E-state index is -0.474. The number of carbonyl (C=O) groups is 1. The van der Waals surface area contributed by atoms with Crippen molar-refractivity contribution in [1.82, 2.24) is 14.0 Å². The van der Waals surface area contributed by atoms with Crippen LogP contribution in [0.4, 0.5) is 0 Å². The van der Waals surface area contributed by atoms with Gasteiger partial charge in [0.25, 0.3) is 11.5 Å². The molecule has 3 rings (SSSR count). The van der Waals surface area contributed by atoms with Gasteiger partial charge in [-0.3, -0.25) is 14.0 Å². The molecular weight excluding hydrogens is 446 g/mol. The van der Waals surface area contributed by atoms with Crippen LogP contribution in [0, 0.1) is 11.3 Å². The van der Waals surface area contributed by atoms with Gasteiger partial charge in [-0.15, -0.1) is 0 Å². The number of pyridine rings is 2. The lowest BCUT2D eigenvalue weighted by Crippen LogP contribution is -2.30. The standard InChI is InChI=1S/C26H27N5O4/c1-4-6-10-20(34-3)12-13-23(32)29-24-19(18-27)17-21-25(31(24)15-9-16-35-5-2)28-22-11-7-8-14-30(22)26(21)33/h4,6-8,10-12,14,17H,1,5,9,13,15-16H2,2-3H3/b10-6-,20-12+,29-24?. The minimum absolute atomic E-state index is 0.0414. The van der Waals surface area contributed by atoms with Crippen molar-refractivity contribution < 1.29 is 14.3 Å². The third-order valence-electron chi connectivity index (χ3n) is 5.13. The number of carbonyl (C=O) groups excluding carboxylic acids is 1. The van der Waals surface area contributed by atoms with E-state index in [1.54, 1.807) is 53.3 Å². The van der Waals surface area contributed by atoms with Crippen molar-refractivity contribution >= 4 is 22.6 Å². The van der Waals surface area contributed by atoms with Gasteiger partial charge in [0.2, 0.25) is 0 Å². The van der Waals surface area contributed by atoms with E-state index in [9.17, 15) is 14.9 Å². The summed E-state index contributed by atoms with van der Waals surface area (Å²) in [5.74, 6) is 0.0108. The summed E-state index contributed by atoms with van der Waals surface area (Å²) < 4.78 is 13.7. The molecule has 9 nitrogen and oxygen atoms in total. The molecule has 0 aliphatic rings. The zero-order valence-corrected chi connectivity index (χ0v) is 19.8. The molecule has 1 amide bonds.